The van der Waals surface area contributed by atoms with Crippen molar-refractivity contribution in [3.8, 4) is 11.5 Å². The van der Waals surface area contributed by atoms with Crippen molar-refractivity contribution >= 4 is 18.3 Å². The minimum Gasteiger partial charge on any atom is -0.493 e. The van der Waals surface area contributed by atoms with Crippen molar-refractivity contribution in [3.05, 3.63) is 23.8 Å². The molecule has 1 fully saturated rings. The Morgan fingerprint density at radius 3 is 2.87 bits per heavy atom. The Kier molecular flexibility index (Phi) is 8.81. The van der Waals surface area contributed by atoms with Crippen molar-refractivity contribution in [1.82, 2.24) is 10.6 Å². The SMILES string of the molecule is CCOc1ccc(C(=O)NCCC2CCCNC2)cc1OC.Cl. The first kappa shape index (κ1) is 19.6. The average Bonchev–Trinajstić information content (AvgIpc) is 2.56. The number of methoxy groups -OCH3 is 1. The van der Waals surface area contributed by atoms with Crippen LogP contribution >= 0.6 is 12.4 Å². The molecule has 5 nitrogen and oxygen atoms in total. The first-order chi connectivity index (χ1) is 10.7. The zero-order valence-electron chi connectivity index (χ0n) is 13.9. The fraction of sp³-hybridized carbons (Fsp3) is 0.588. The molecule has 0 aromatic heterocycles. The van der Waals surface area contributed by atoms with Gasteiger partial charge in [-0.1, -0.05) is 0 Å². The third kappa shape index (κ3) is 5.92. The molecule has 1 aromatic carbocycles. The maximum atomic E-state index is 12.2. The molecular weight excluding hydrogens is 316 g/mol. The Labute approximate surface area is 144 Å². The number of benzene rings is 1. The van der Waals surface area contributed by atoms with Gasteiger partial charge in [-0.15, -0.1) is 12.4 Å². The summed E-state index contributed by atoms with van der Waals surface area (Å²) in [5.41, 5.74) is 0.599. The van der Waals surface area contributed by atoms with E-state index in [2.05, 4.69) is 10.6 Å². The summed E-state index contributed by atoms with van der Waals surface area (Å²) in [5.74, 6) is 1.86. The number of rotatable bonds is 7. The number of hydrogen-bond donors (Lipinski definition) is 2. The molecule has 1 aromatic rings. The molecule has 0 spiro atoms. The molecule has 1 atom stereocenters. The Morgan fingerprint density at radius 2 is 2.22 bits per heavy atom. The summed E-state index contributed by atoms with van der Waals surface area (Å²) >= 11 is 0. The van der Waals surface area contributed by atoms with Crippen LogP contribution in [0.4, 0.5) is 0 Å². The van der Waals surface area contributed by atoms with E-state index in [-0.39, 0.29) is 18.3 Å². The maximum absolute atomic E-state index is 12.2. The van der Waals surface area contributed by atoms with E-state index in [1.54, 1.807) is 25.3 Å². The van der Waals surface area contributed by atoms with Gasteiger partial charge in [0.1, 0.15) is 0 Å². The molecule has 0 aliphatic carbocycles. The summed E-state index contributed by atoms with van der Waals surface area (Å²) in [5, 5.41) is 6.38. The van der Waals surface area contributed by atoms with Gasteiger partial charge < -0.3 is 20.1 Å². The maximum Gasteiger partial charge on any atom is 0.251 e. The summed E-state index contributed by atoms with van der Waals surface area (Å²) in [6.07, 6.45) is 3.50. The molecule has 0 saturated carbocycles. The topological polar surface area (TPSA) is 59.6 Å². The average molecular weight is 343 g/mol. The van der Waals surface area contributed by atoms with Crippen molar-refractivity contribution in [2.45, 2.75) is 26.2 Å². The zero-order valence-corrected chi connectivity index (χ0v) is 14.7. The van der Waals surface area contributed by atoms with Crippen molar-refractivity contribution in [3.63, 3.8) is 0 Å². The molecular formula is C17H27ClN2O3. The minimum absolute atomic E-state index is 0. The summed E-state index contributed by atoms with van der Waals surface area (Å²) in [6.45, 7) is 5.37. The molecule has 1 saturated heterocycles. The molecule has 1 aliphatic rings. The predicted molar refractivity (Wildman–Crippen MR) is 94.0 cm³/mol. The molecule has 130 valence electrons. The summed E-state index contributed by atoms with van der Waals surface area (Å²) < 4.78 is 10.7. The van der Waals surface area contributed by atoms with E-state index in [4.69, 9.17) is 9.47 Å². The third-order valence-corrected chi connectivity index (χ3v) is 3.96. The van der Waals surface area contributed by atoms with Gasteiger partial charge in [0.05, 0.1) is 13.7 Å². The number of carbonyl (C=O) groups excluding carboxylic acids is 1. The number of nitrogens with one attached hydrogen (secondary N) is 2. The molecule has 0 radical (unpaired) electrons. The van der Waals surface area contributed by atoms with Crippen LogP contribution in [-0.2, 0) is 0 Å². The molecule has 0 bridgehead atoms. The standard InChI is InChI=1S/C17H26N2O3.ClH/c1-3-22-15-7-6-14(11-16(15)21-2)17(20)19-10-8-13-5-4-9-18-12-13;/h6-7,11,13,18H,3-5,8-10,12H2,1-2H3,(H,19,20);1H. The highest BCUT2D eigenvalue weighted by molar-refractivity contribution is 5.94. The Bertz CT molecular complexity index is 491. The fourth-order valence-corrected chi connectivity index (χ4v) is 2.75. The molecule has 1 amide bonds. The Morgan fingerprint density at radius 1 is 1.39 bits per heavy atom. The van der Waals surface area contributed by atoms with Gasteiger partial charge in [-0.05, 0) is 63.4 Å². The number of amides is 1. The van der Waals surface area contributed by atoms with Crippen LogP contribution in [0.15, 0.2) is 18.2 Å². The van der Waals surface area contributed by atoms with E-state index in [9.17, 15) is 4.79 Å². The number of hydrogen-bond acceptors (Lipinski definition) is 4. The van der Waals surface area contributed by atoms with E-state index < -0.39 is 0 Å². The Hall–Kier alpha value is -1.46. The highest BCUT2D eigenvalue weighted by Gasteiger charge is 2.14. The first-order valence-corrected chi connectivity index (χ1v) is 8.04. The second kappa shape index (κ2) is 10.3. The molecule has 2 N–H and O–H groups in total. The van der Waals surface area contributed by atoms with E-state index in [1.807, 2.05) is 6.92 Å². The number of ether oxygens (including phenoxy) is 2. The first-order valence-electron chi connectivity index (χ1n) is 8.04. The van der Waals surface area contributed by atoms with Crippen LogP contribution in [-0.4, -0.2) is 39.3 Å². The summed E-state index contributed by atoms with van der Waals surface area (Å²) in [4.78, 5) is 12.2. The summed E-state index contributed by atoms with van der Waals surface area (Å²) in [6, 6.07) is 5.27. The second-order valence-corrected chi connectivity index (χ2v) is 5.56. The van der Waals surface area contributed by atoms with Crippen LogP contribution in [0, 0.1) is 5.92 Å². The van der Waals surface area contributed by atoms with Crippen LogP contribution in [0.3, 0.4) is 0 Å². The largest absolute Gasteiger partial charge is 0.493 e. The third-order valence-electron chi connectivity index (χ3n) is 3.96. The van der Waals surface area contributed by atoms with Gasteiger partial charge in [-0.25, -0.2) is 0 Å². The van der Waals surface area contributed by atoms with Crippen LogP contribution in [0.1, 0.15) is 36.5 Å². The highest BCUT2D eigenvalue weighted by Crippen LogP contribution is 2.28. The van der Waals surface area contributed by atoms with Crippen molar-refractivity contribution in [2.24, 2.45) is 5.92 Å². The lowest BCUT2D eigenvalue weighted by atomic mass is 9.96. The second-order valence-electron chi connectivity index (χ2n) is 5.56. The zero-order chi connectivity index (χ0) is 15.8. The summed E-state index contributed by atoms with van der Waals surface area (Å²) in [7, 11) is 1.58. The van der Waals surface area contributed by atoms with Gasteiger partial charge in [0, 0.05) is 12.1 Å². The minimum atomic E-state index is -0.0647. The van der Waals surface area contributed by atoms with Crippen molar-refractivity contribution in [2.75, 3.05) is 33.4 Å². The van der Waals surface area contributed by atoms with E-state index in [0.29, 0.717) is 36.1 Å². The van der Waals surface area contributed by atoms with E-state index in [1.165, 1.54) is 12.8 Å². The van der Waals surface area contributed by atoms with Crippen LogP contribution in [0.2, 0.25) is 0 Å². The van der Waals surface area contributed by atoms with E-state index >= 15 is 0 Å². The van der Waals surface area contributed by atoms with Crippen molar-refractivity contribution in [1.29, 1.82) is 0 Å². The number of piperidine rings is 1. The van der Waals surface area contributed by atoms with Gasteiger partial charge >= 0.3 is 0 Å². The molecule has 23 heavy (non-hydrogen) atoms. The lowest BCUT2D eigenvalue weighted by Gasteiger charge is -2.22. The van der Waals surface area contributed by atoms with Crippen LogP contribution in [0.25, 0.3) is 0 Å². The van der Waals surface area contributed by atoms with Gasteiger partial charge in [-0.3, -0.25) is 4.79 Å². The monoisotopic (exact) mass is 342 g/mol. The van der Waals surface area contributed by atoms with Crippen molar-refractivity contribution < 1.29 is 14.3 Å². The molecule has 1 heterocycles. The molecule has 1 unspecified atom stereocenters. The Balaban J connectivity index is 0.00000264. The quantitative estimate of drug-likeness (QED) is 0.799. The van der Waals surface area contributed by atoms with Gasteiger partial charge in [0.25, 0.3) is 5.91 Å². The molecule has 2 rings (SSSR count). The van der Waals surface area contributed by atoms with Crippen LogP contribution < -0.4 is 20.1 Å². The normalized spacial score (nSPS) is 17.0. The lowest BCUT2D eigenvalue weighted by molar-refractivity contribution is 0.0950. The predicted octanol–water partition coefficient (Wildman–Crippen LogP) is 2.64. The number of halogens is 1. The smallest absolute Gasteiger partial charge is 0.251 e. The van der Waals surface area contributed by atoms with Gasteiger partial charge in [-0.2, -0.15) is 0 Å². The van der Waals surface area contributed by atoms with Crippen LogP contribution in [0.5, 0.6) is 11.5 Å². The highest BCUT2D eigenvalue weighted by atomic mass is 35.5. The van der Waals surface area contributed by atoms with Gasteiger partial charge in [0.2, 0.25) is 0 Å². The van der Waals surface area contributed by atoms with Gasteiger partial charge in [0.15, 0.2) is 11.5 Å². The molecule has 1 aliphatic heterocycles. The molecule has 6 heteroatoms. The van der Waals surface area contributed by atoms with E-state index in [0.717, 1.165) is 19.5 Å². The number of carbonyl (C=O) groups is 1. The lowest BCUT2D eigenvalue weighted by Crippen LogP contribution is -2.33. The fourth-order valence-electron chi connectivity index (χ4n) is 2.75.